The molecule has 0 aliphatic rings. The van der Waals surface area contributed by atoms with E-state index in [1.54, 1.807) is 48.8 Å². The van der Waals surface area contributed by atoms with Gasteiger partial charge in [0.1, 0.15) is 18.1 Å². The number of hydrogen-bond acceptors (Lipinski definition) is 5. The van der Waals surface area contributed by atoms with Crippen molar-refractivity contribution >= 4 is 17.2 Å². The largest absolute Gasteiger partial charge is 0.496 e. The molecule has 0 spiro atoms. The first-order valence-electron chi connectivity index (χ1n) is 8.14. The third-order valence-electron chi connectivity index (χ3n) is 3.92. The molecule has 0 radical (unpaired) electrons. The van der Waals surface area contributed by atoms with Crippen molar-refractivity contribution in [1.29, 1.82) is 0 Å². The molecule has 0 aliphatic heterocycles. The number of thiazole rings is 1. The molecule has 134 valence electrons. The SMILES string of the molecule is COc1ccccc1CN(C)C(=O)c1ccc(OCc2cscn2)cc1. The van der Waals surface area contributed by atoms with Gasteiger partial charge in [-0.25, -0.2) is 4.98 Å². The van der Waals surface area contributed by atoms with Gasteiger partial charge in [-0.15, -0.1) is 11.3 Å². The van der Waals surface area contributed by atoms with Crippen molar-refractivity contribution in [3.8, 4) is 11.5 Å². The Morgan fingerprint density at radius 2 is 1.92 bits per heavy atom. The maximum Gasteiger partial charge on any atom is 0.253 e. The van der Waals surface area contributed by atoms with Crippen molar-refractivity contribution < 1.29 is 14.3 Å². The minimum Gasteiger partial charge on any atom is -0.496 e. The second-order valence-corrected chi connectivity index (χ2v) is 6.48. The molecule has 0 bridgehead atoms. The summed E-state index contributed by atoms with van der Waals surface area (Å²) in [6.07, 6.45) is 0. The van der Waals surface area contributed by atoms with E-state index in [0.29, 0.717) is 24.5 Å². The van der Waals surface area contributed by atoms with Gasteiger partial charge in [-0.05, 0) is 30.3 Å². The number of carbonyl (C=O) groups excluding carboxylic acids is 1. The van der Waals surface area contributed by atoms with Gasteiger partial charge in [-0.1, -0.05) is 18.2 Å². The minimum absolute atomic E-state index is 0.0537. The molecule has 0 fully saturated rings. The Morgan fingerprint density at radius 3 is 2.62 bits per heavy atom. The van der Waals surface area contributed by atoms with E-state index in [1.807, 2.05) is 29.6 Å². The third kappa shape index (κ3) is 4.40. The Kier molecular flexibility index (Phi) is 5.86. The number of nitrogens with zero attached hydrogens (tertiary/aromatic N) is 2. The lowest BCUT2D eigenvalue weighted by Crippen LogP contribution is -2.26. The summed E-state index contributed by atoms with van der Waals surface area (Å²) < 4.78 is 11.0. The van der Waals surface area contributed by atoms with Crippen LogP contribution in [-0.4, -0.2) is 29.9 Å². The van der Waals surface area contributed by atoms with E-state index < -0.39 is 0 Å². The summed E-state index contributed by atoms with van der Waals surface area (Å²) in [5.74, 6) is 1.43. The molecule has 0 N–H and O–H groups in total. The number of rotatable bonds is 7. The highest BCUT2D eigenvalue weighted by Crippen LogP contribution is 2.20. The molecule has 1 amide bonds. The number of ether oxygens (including phenoxy) is 2. The monoisotopic (exact) mass is 368 g/mol. The summed E-state index contributed by atoms with van der Waals surface area (Å²) in [6.45, 7) is 0.898. The molecular weight excluding hydrogens is 348 g/mol. The Labute approximate surface area is 156 Å². The summed E-state index contributed by atoms with van der Waals surface area (Å²) in [4.78, 5) is 18.5. The molecule has 5 nitrogen and oxygen atoms in total. The third-order valence-corrected chi connectivity index (χ3v) is 4.55. The zero-order valence-corrected chi connectivity index (χ0v) is 15.5. The molecule has 6 heteroatoms. The number of hydrogen-bond donors (Lipinski definition) is 0. The van der Waals surface area contributed by atoms with Gasteiger partial charge in [0, 0.05) is 30.1 Å². The van der Waals surface area contributed by atoms with Crippen molar-refractivity contribution in [3.05, 3.63) is 76.2 Å². The Hall–Kier alpha value is -2.86. The zero-order valence-electron chi connectivity index (χ0n) is 14.7. The number of carbonyl (C=O) groups is 1. The van der Waals surface area contributed by atoms with Gasteiger partial charge < -0.3 is 14.4 Å². The second kappa shape index (κ2) is 8.49. The van der Waals surface area contributed by atoms with Crippen LogP contribution in [0.15, 0.2) is 59.4 Å². The fourth-order valence-electron chi connectivity index (χ4n) is 2.54. The predicted molar refractivity (Wildman–Crippen MR) is 102 cm³/mol. The van der Waals surface area contributed by atoms with Crippen LogP contribution in [0.2, 0.25) is 0 Å². The summed E-state index contributed by atoms with van der Waals surface area (Å²) in [5.41, 5.74) is 4.25. The number of amides is 1. The van der Waals surface area contributed by atoms with Crippen LogP contribution in [0, 0.1) is 0 Å². The average molecular weight is 368 g/mol. The summed E-state index contributed by atoms with van der Waals surface area (Å²) in [6, 6.07) is 14.8. The highest BCUT2D eigenvalue weighted by atomic mass is 32.1. The standard InChI is InChI=1S/C20H20N2O3S/c1-22(11-16-5-3-4-6-19(16)24-2)20(23)15-7-9-18(10-8-15)25-12-17-13-26-14-21-17/h3-10,13-14H,11-12H2,1-2H3. The average Bonchev–Trinajstić information content (AvgIpc) is 3.20. The minimum atomic E-state index is -0.0537. The van der Waals surface area contributed by atoms with Crippen LogP contribution in [0.1, 0.15) is 21.6 Å². The summed E-state index contributed by atoms with van der Waals surface area (Å²) in [5, 5.41) is 1.95. The fraction of sp³-hybridized carbons (Fsp3) is 0.200. The van der Waals surface area contributed by atoms with Gasteiger partial charge in [0.05, 0.1) is 18.3 Å². The molecule has 1 aromatic heterocycles. The lowest BCUT2D eigenvalue weighted by molar-refractivity contribution is 0.0784. The van der Waals surface area contributed by atoms with E-state index in [4.69, 9.17) is 9.47 Å². The van der Waals surface area contributed by atoms with Crippen LogP contribution in [0.3, 0.4) is 0 Å². The first-order valence-corrected chi connectivity index (χ1v) is 9.09. The molecule has 3 rings (SSSR count). The van der Waals surface area contributed by atoms with Crippen LogP contribution in [0.25, 0.3) is 0 Å². The molecule has 1 heterocycles. The molecule has 0 aliphatic carbocycles. The summed E-state index contributed by atoms with van der Waals surface area (Å²) >= 11 is 1.54. The van der Waals surface area contributed by atoms with Gasteiger partial charge in [0.25, 0.3) is 5.91 Å². The van der Waals surface area contributed by atoms with Gasteiger partial charge in [0.15, 0.2) is 0 Å². The van der Waals surface area contributed by atoms with Gasteiger partial charge >= 0.3 is 0 Å². The van der Waals surface area contributed by atoms with Crippen LogP contribution in [-0.2, 0) is 13.2 Å². The number of aromatic nitrogens is 1. The maximum atomic E-state index is 12.6. The maximum absolute atomic E-state index is 12.6. The van der Waals surface area contributed by atoms with E-state index in [2.05, 4.69) is 4.98 Å². The second-order valence-electron chi connectivity index (χ2n) is 5.77. The van der Waals surface area contributed by atoms with E-state index in [1.165, 1.54) is 11.3 Å². The number of para-hydroxylation sites is 1. The van der Waals surface area contributed by atoms with E-state index >= 15 is 0 Å². The van der Waals surface area contributed by atoms with Crippen molar-refractivity contribution in [3.63, 3.8) is 0 Å². The molecule has 0 saturated carbocycles. The quantitative estimate of drug-likeness (QED) is 0.632. The first-order chi connectivity index (χ1) is 12.7. The number of benzene rings is 2. The van der Waals surface area contributed by atoms with E-state index in [9.17, 15) is 4.79 Å². The summed E-state index contributed by atoms with van der Waals surface area (Å²) in [7, 11) is 3.41. The van der Waals surface area contributed by atoms with Gasteiger partial charge in [-0.2, -0.15) is 0 Å². The smallest absolute Gasteiger partial charge is 0.253 e. The predicted octanol–water partition coefficient (Wildman–Crippen LogP) is 4.00. The topological polar surface area (TPSA) is 51.7 Å². The van der Waals surface area contributed by atoms with Crippen LogP contribution < -0.4 is 9.47 Å². The molecule has 26 heavy (non-hydrogen) atoms. The van der Waals surface area contributed by atoms with Crippen molar-refractivity contribution in [2.75, 3.05) is 14.2 Å². The normalized spacial score (nSPS) is 10.4. The van der Waals surface area contributed by atoms with Crippen LogP contribution in [0.4, 0.5) is 0 Å². The number of methoxy groups -OCH3 is 1. The molecular formula is C20H20N2O3S. The van der Waals surface area contributed by atoms with Crippen LogP contribution in [0.5, 0.6) is 11.5 Å². The van der Waals surface area contributed by atoms with Crippen molar-refractivity contribution in [2.24, 2.45) is 0 Å². The van der Waals surface area contributed by atoms with Crippen molar-refractivity contribution in [2.45, 2.75) is 13.2 Å². The Bertz CT molecular complexity index is 848. The zero-order chi connectivity index (χ0) is 18.4. The molecule has 0 unspecified atom stereocenters. The molecule has 2 aromatic carbocycles. The van der Waals surface area contributed by atoms with Gasteiger partial charge in [-0.3, -0.25) is 4.79 Å². The lowest BCUT2D eigenvalue weighted by Gasteiger charge is -2.19. The highest BCUT2D eigenvalue weighted by Gasteiger charge is 2.14. The van der Waals surface area contributed by atoms with E-state index in [-0.39, 0.29) is 5.91 Å². The molecule has 0 saturated heterocycles. The highest BCUT2D eigenvalue weighted by molar-refractivity contribution is 7.07. The fourth-order valence-corrected chi connectivity index (χ4v) is 3.08. The van der Waals surface area contributed by atoms with Gasteiger partial charge in [0.2, 0.25) is 0 Å². The van der Waals surface area contributed by atoms with Crippen molar-refractivity contribution in [1.82, 2.24) is 9.88 Å². The Morgan fingerprint density at radius 1 is 1.15 bits per heavy atom. The van der Waals surface area contributed by atoms with E-state index in [0.717, 1.165) is 17.0 Å². The Balaban J connectivity index is 1.61. The molecule has 0 atom stereocenters. The molecule has 3 aromatic rings. The first kappa shape index (κ1) is 17.9. The lowest BCUT2D eigenvalue weighted by atomic mass is 10.1. The van der Waals surface area contributed by atoms with Crippen LogP contribution >= 0.6 is 11.3 Å².